The third-order valence-corrected chi connectivity index (χ3v) is 4.78. The number of amides is 1. The molecule has 3 heterocycles. The summed E-state index contributed by atoms with van der Waals surface area (Å²) in [5.74, 6) is 0.546. The number of β-amino-alcohol motifs (C(OH)–C–C–N with tert-alkyl or cyclic N) is 1. The molecule has 1 amide bonds. The Morgan fingerprint density at radius 1 is 1.44 bits per heavy atom. The van der Waals surface area contributed by atoms with Crippen LogP contribution in [0.25, 0.3) is 11.2 Å². The smallest absolute Gasteiger partial charge is 0.253 e. The van der Waals surface area contributed by atoms with Gasteiger partial charge in [0.15, 0.2) is 16.9 Å². The van der Waals surface area contributed by atoms with Crippen molar-refractivity contribution >= 4 is 34.5 Å². The Labute approximate surface area is 159 Å². The summed E-state index contributed by atoms with van der Waals surface area (Å²) in [5.41, 5.74) is 7.79. The minimum Gasteiger partial charge on any atom is -0.486 e. The van der Waals surface area contributed by atoms with Gasteiger partial charge in [-0.1, -0.05) is 16.8 Å². The molecule has 2 aromatic heterocycles. The SMILES string of the molecule is Nc1cc(OCc2cc(C(=O)N3CCC(O)C3)ccc2Cl)c2nn[nH]c2n1. The Bertz CT molecular complexity index is 1010. The second kappa shape index (κ2) is 7.01. The van der Waals surface area contributed by atoms with E-state index < -0.39 is 6.10 Å². The van der Waals surface area contributed by atoms with Gasteiger partial charge in [-0.2, -0.15) is 0 Å². The van der Waals surface area contributed by atoms with E-state index >= 15 is 0 Å². The zero-order valence-corrected chi connectivity index (χ0v) is 15.0. The van der Waals surface area contributed by atoms with Crippen molar-refractivity contribution in [3.8, 4) is 5.75 Å². The van der Waals surface area contributed by atoms with Crippen LogP contribution in [-0.2, 0) is 6.61 Å². The van der Waals surface area contributed by atoms with Crippen LogP contribution in [0.15, 0.2) is 24.3 Å². The summed E-state index contributed by atoms with van der Waals surface area (Å²) < 4.78 is 5.81. The van der Waals surface area contributed by atoms with Crippen LogP contribution in [0.2, 0.25) is 5.02 Å². The predicted octanol–water partition coefficient (Wildman–Crippen LogP) is 1.37. The van der Waals surface area contributed by atoms with Gasteiger partial charge in [-0.15, -0.1) is 5.10 Å². The molecule has 1 unspecified atom stereocenters. The molecular formula is C17H17ClN6O3. The van der Waals surface area contributed by atoms with Crippen LogP contribution < -0.4 is 10.5 Å². The summed E-state index contributed by atoms with van der Waals surface area (Å²) in [6.45, 7) is 0.997. The maximum atomic E-state index is 12.6. The maximum Gasteiger partial charge on any atom is 0.253 e. The minimum absolute atomic E-state index is 0.119. The van der Waals surface area contributed by atoms with Crippen molar-refractivity contribution < 1.29 is 14.6 Å². The highest BCUT2D eigenvalue weighted by atomic mass is 35.5. The number of rotatable bonds is 4. The fraction of sp³-hybridized carbons (Fsp3) is 0.294. The zero-order valence-electron chi connectivity index (χ0n) is 14.2. The number of H-pyrrole nitrogens is 1. The monoisotopic (exact) mass is 388 g/mol. The Kier molecular flexibility index (Phi) is 4.54. The lowest BCUT2D eigenvalue weighted by Gasteiger charge is -2.16. The number of aliphatic hydroxyl groups excluding tert-OH is 1. The molecule has 0 radical (unpaired) electrons. The van der Waals surface area contributed by atoms with Gasteiger partial charge in [0, 0.05) is 35.3 Å². The van der Waals surface area contributed by atoms with E-state index in [1.165, 1.54) is 0 Å². The van der Waals surface area contributed by atoms with Crippen LogP contribution in [0.3, 0.4) is 0 Å². The second-order valence-corrected chi connectivity index (χ2v) is 6.75. The first-order chi connectivity index (χ1) is 13.0. The lowest BCUT2D eigenvalue weighted by Crippen LogP contribution is -2.29. The number of nitrogen functional groups attached to an aromatic ring is 1. The van der Waals surface area contributed by atoms with E-state index in [9.17, 15) is 9.90 Å². The molecule has 4 N–H and O–H groups in total. The number of carbonyl (C=O) groups is 1. The Hall–Kier alpha value is -2.91. The molecule has 4 rings (SSSR count). The average molecular weight is 389 g/mol. The van der Waals surface area contributed by atoms with Crippen LogP contribution in [-0.4, -0.2) is 55.5 Å². The van der Waals surface area contributed by atoms with Crippen LogP contribution in [0, 0.1) is 0 Å². The van der Waals surface area contributed by atoms with Gasteiger partial charge >= 0.3 is 0 Å². The highest BCUT2D eigenvalue weighted by Crippen LogP contribution is 2.26. The maximum absolute atomic E-state index is 12.6. The number of carbonyl (C=O) groups excluding carboxylic acids is 1. The number of halogens is 1. The molecule has 0 bridgehead atoms. The van der Waals surface area contributed by atoms with Gasteiger partial charge < -0.3 is 20.5 Å². The molecule has 10 heteroatoms. The van der Waals surface area contributed by atoms with Gasteiger partial charge in [0.1, 0.15) is 12.4 Å². The summed E-state index contributed by atoms with van der Waals surface area (Å²) >= 11 is 6.26. The number of likely N-dealkylation sites (tertiary alicyclic amines) is 1. The highest BCUT2D eigenvalue weighted by Gasteiger charge is 2.25. The highest BCUT2D eigenvalue weighted by molar-refractivity contribution is 6.31. The van der Waals surface area contributed by atoms with Crippen LogP contribution >= 0.6 is 11.6 Å². The molecule has 27 heavy (non-hydrogen) atoms. The number of aromatic amines is 1. The third-order valence-electron chi connectivity index (χ3n) is 4.41. The Morgan fingerprint density at radius 2 is 2.30 bits per heavy atom. The van der Waals surface area contributed by atoms with Crippen molar-refractivity contribution in [1.82, 2.24) is 25.3 Å². The van der Waals surface area contributed by atoms with E-state index in [1.807, 2.05) is 0 Å². The van der Waals surface area contributed by atoms with Crippen molar-refractivity contribution in [2.75, 3.05) is 18.8 Å². The molecule has 0 spiro atoms. The van der Waals surface area contributed by atoms with Crippen LogP contribution in [0.5, 0.6) is 5.75 Å². The van der Waals surface area contributed by atoms with Crippen LogP contribution in [0.1, 0.15) is 22.3 Å². The van der Waals surface area contributed by atoms with E-state index in [0.29, 0.717) is 52.6 Å². The van der Waals surface area contributed by atoms with Crippen molar-refractivity contribution in [3.05, 3.63) is 40.4 Å². The summed E-state index contributed by atoms with van der Waals surface area (Å²) in [6, 6.07) is 6.57. The summed E-state index contributed by atoms with van der Waals surface area (Å²) in [4.78, 5) is 18.3. The van der Waals surface area contributed by atoms with Gasteiger partial charge in [0.2, 0.25) is 0 Å². The number of ether oxygens (including phenoxy) is 1. The van der Waals surface area contributed by atoms with Crippen molar-refractivity contribution in [2.24, 2.45) is 0 Å². The van der Waals surface area contributed by atoms with Gasteiger partial charge in [-0.05, 0) is 24.6 Å². The molecule has 1 aliphatic heterocycles. The van der Waals surface area contributed by atoms with Crippen molar-refractivity contribution in [3.63, 3.8) is 0 Å². The summed E-state index contributed by atoms with van der Waals surface area (Å²) in [6.07, 6.45) is 0.123. The summed E-state index contributed by atoms with van der Waals surface area (Å²) in [7, 11) is 0. The number of hydrogen-bond donors (Lipinski definition) is 3. The molecule has 1 atom stereocenters. The molecule has 0 saturated carbocycles. The molecule has 1 aliphatic rings. The first-order valence-corrected chi connectivity index (χ1v) is 8.75. The number of hydrogen-bond acceptors (Lipinski definition) is 7. The topological polar surface area (TPSA) is 130 Å². The predicted molar refractivity (Wildman–Crippen MR) is 98.4 cm³/mol. The van der Waals surface area contributed by atoms with Crippen LogP contribution in [0.4, 0.5) is 5.82 Å². The molecule has 1 fully saturated rings. The number of nitrogens with two attached hydrogens (primary N) is 1. The number of pyridine rings is 1. The van der Waals surface area contributed by atoms with Gasteiger partial charge in [0.25, 0.3) is 5.91 Å². The summed E-state index contributed by atoms with van der Waals surface area (Å²) in [5, 5.41) is 20.4. The van der Waals surface area contributed by atoms with Crippen molar-refractivity contribution in [2.45, 2.75) is 19.1 Å². The van der Waals surface area contributed by atoms with E-state index in [0.717, 1.165) is 0 Å². The minimum atomic E-state index is -0.467. The molecule has 1 aromatic carbocycles. The van der Waals surface area contributed by atoms with E-state index in [-0.39, 0.29) is 18.3 Å². The third kappa shape index (κ3) is 3.51. The number of fused-ring (bicyclic) bond motifs is 1. The van der Waals surface area contributed by atoms with Gasteiger partial charge in [-0.3, -0.25) is 4.79 Å². The standard InChI is InChI=1S/C17H17ClN6O3/c18-12-2-1-9(17(26)24-4-3-11(25)7-24)5-10(12)8-27-13-6-14(19)20-16-15(13)21-23-22-16/h1-2,5-6,11,25H,3-4,7-8H2,(H3,19,20,21,22,23). The van der Waals surface area contributed by atoms with Gasteiger partial charge in [0.05, 0.1) is 6.10 Å². The number of nitrogens with one attached hydrogen (secondary N) is 1. The lowest BCUT2D eigenvalue weighted by molar-refractivity contribution is 0.0765. The first kappa shape index (κ1) is 17.5. The van der Waals surface area contributed by atoms with Crippen molar-refractivity contribution in [1.29, 1.82) is 0 Å². The number of benzene rings is 1. The first-order valence-electron chi connectivity index (χ1n) is 8.37. The average Bonchev–Trinajstić information content (AvgIpc) is 3.29. The number of aliphatic hydroxyl groups is 1. The molecule has 0 aliphatic carbocycles. The lowest BCUT2D eigenvalue weighted by atomic mass is 10.1. The molecule has 3 aromatic rings. The molecule has 9 nitrogen and oxygen atoms in total. The quantitative estimate of drug-likeness (QED) is 0.615. The number of aromatic nitrogens is 4. The number of nitrogens with zero attached hydrogens (tertiary/aromatic N) is 4. The normalized spacial score (nSPS) is 16.8. The fourth-order valence-corrected chi connectivity index (χ4v) is 3.20. The fourth-order valence-electron chi connectivity index (χ4n) is 3.02. The van der Waals surface area contributed by atoms with E-state index in [2.05, 4.69) is 20.4 Å². The largest absolute Gasteiger partial charge is 0.486 e. The Balaban J connectivity index is 1.55. The zero-order chi connectivity index (χ0) is 19.0. The molecule has 1 saturated heterocycles. The van der Waals surface area contributed by atoms with Gasteiger partial charge in [-0.25, -0.2) is 10.1 Å². The number of anilines is 1. The van der Waals surface area contributed by atoms with E-state index in [4.69, 9.17) is 22.1 Å². The Morgan fingerprint density at radius 3 is 3.07 bits per heavy atom. The van der Waals surface area contributed by atoms with E-state index in [1.54, 1.807) is 29.2 Å². The second-order valence-electron chi connectivity index (χ2n) is 6.34. The molecule has 140 valence electrons. The molecular weight excluding hydrogens is 372 g/mol.